The van der Waals surface area contributed by atoms with Crippen molar-refractivity contribution in [3.8, 4) is 22.5 Å². The summed E-state index contributed by atoms with van der Waals surface area (Å²) in [7, 11) is -4.03. The van der Waals surface area contributed by atoms with Gasteiger partial charge >= 0.3 is 6.18 Å². The molecule has 9 heteroatoms. The van der Waals surface area contributed by atoms with Crippen molar-refractivity contribution in [1.29, 1.82) is 0 Å². The second-order valence-electron chi connectivity index (χ2n) is 7.28. The Hall–Kier alpha value is -3.46. The SMILES string of the molecule is CS(=O)(=O)c1nc(-c2cccn2Cc2ccc(-c3ccccc3)cc2)cc(C(F)(F)F)n1. The standard InChI is InChI=1S/C23H18F3N3O2S/c1-32(30,31)22-27-19(14-21(28-22)23(24,25)26)20-8-5-13-29(20)15-16-9-11-18(12-10-16)17-6-3-2-4-7-17/h2-14H,15H2,1H3. The highest BCUT2D eigenvalue weighted by atomic mass is 32.2. The van der Waals surface area contributed by atoms with Crippen LogP contribution in [-0.4, -0.2) is 29.2 Å². The van der Waals surface area contributed by atoms with Crippen LogP contribution in [0.5, 0.6) is 0 Å². The van der Waals surface area contributed by atoms with Gasteiger partial charge in [0, 0.05) is 19.0 Å². The summed E-state index contributed by atoms with van der Waals surface area (Å²) in [6.45, 7) is 0.372. The molecule has 0 atom stereocenters. The summed E-state index contributed by atoms with van der Waals surface area (Å²) in [5.74, 6) is 0. The third-order valence-electron chi connectivity index (χ3n) is 4.83. The molecule has 2 aromatic heterocycles. The minimum atomic E-state index is -4.80. The highest BCUT2D eigenvalue weighted by Gasteiger charge is 2.35. The van der Waals surface area contributed by atoms with Crippen molar-refractivity contribution in [2.45, 2.75) is 17.9 Å². The topological polar surface area (TPSA) is 64.8 Å². The average molecular weight is 457 g/mol. The highest BCUT2D eigenvalue weighted by Crippen LogP contribution is 2.31. The van der Waals surface area contributed by atoms with Crippen molar-refractivity contribution in [3.05, 3.63) is 90.3 Å². The van der Waals surface area contributed by atoms with Crippen LogP contribution in [-0.2, 0) is 22.6 Å². The van der Waals surface area contributed by atoms with Crippen molar-refractivity contribution >= 4 is 9.84 Å². The molecule has 0 aliphatic heterocycles. The number of hydrogen-bond donors (Lipinski definition) is 0. The zero-order valence-corrected chi connectivity index (χ0v) is 17.7. The van der Waals surface area contributed by atoms with E-state index in [2.05, 4.69) is 9.97 Å². The third-order valence-corrected chi connectivity index (χ3v) is 5.68. The molecule has 0 radical (unpaired) electrons. The van der Waals surface area contributed by atoms with Gasteiger partial charge in [0.1, 0.15) is 5.69 Å². The molecule has 32 heavy (non-hydrogen) atoms. The van der Waals surface area contributed by atoms with Crippen LogP contribution < -0.4 is 0 Å². The van der Waals surface area contributed by atoms with Gasteiger partial charge in [-0.05, 0) is 34.9 Å². The van der Waals surface area contributed by atoms with E-state index in [1.54, 1.807) is 22.9 Å². The van der Waals surface area contributed by atoms with E-state index in [9.17, 15) is 21.6 Å². The average Bonchev–Trinajstić information content (AvgIpc) is 3.21. The zero-order valence-electron chi connectivity index (χ0n) is 16.9. The van der Waals surface area contributed by atoms with E-state index < -0.39 is 26.9 Å². The number of sulfone groups is 1. The number of hydrogen-bond acceptors (Lipinski definition) is 4. The lowest BCUT2D eigenvalue weighted by Crippen LogP contribution is -2.14. The van der Waals surface area contributed by atoms with Crippen LogP contribution in [0.4, 0.5) is 13.2 Å². The summed E-state index contributed by atoms with van der Waals surface area (Å²) < 4.78 is 65.4. The van der Waals surface area contributed by atoms with Crippen molar-refractivity contribution in [2.75, 3.05) is 6.26 Å². The van der Waals surface area contributed by atoms with Crippen LogP contribution in [0.15, 0.2) is 84.1 Å². The number of halogens is 3. The Morgan fingerprint density at radius 3 is 2.16 bits per heavy atom. The fraction of sp³-hybridized carbons (Fsp3) is 0.130. The van der Waals surface area contributed by atoms with E-state index in [1.165, 1.54) is 0 Å². The summed E-state index contributed by atoms with van der Waals surface area (Å²) in [4.78, 5) is 7.10. The molecule has 0 saturated heterocycles. The Morgan fingerprint density at radius 1 is 0.875 bits per heavy atom. The number of nitrogens with zero attached hydrogens (tertiary/aromatic N) is 3. The number of alkyl halides is 3. The number of benzene rings is 2. The molecule has 0 unspecified atom stereocenters. The van der Waals surface area contributed by atoms with Crippen LogP contribution >= 0.6 is 0 Å². The molecule has 0 fully saturated rings. The molecule has 0 bridgehead atoms. The van der Waals surface area contributed by atoms with Crippen LogP contribution in [0.25, 0.3) is 22.5 Å². The smallest absolute Gasteiger partial charge is 0.342 e. The van der Waals surface area contributed by atoms with Gasteiger partial charge in [0.2, 0.25) is 15.0 Å². The molecule has 0 spiro atoms. The molecule has 2 heterocycles. The fourth-order valence-corrected chi connectivity index (χ4v) is 3.81. The maximum Gasteiger partial charge on any atom is 0.433 e. The Labute approximate surface area is 183 Å². The molecule has 0 saturated carbocycles. The lowest BCUT2D eigenvalue weighted by Gasteiger charge is -2.13. The minimum absolute atomic E-state index is 0.112. The van der Waals surface area contributed by atoms with Crippen LogP contribution in [0.2, 0.25) is 0 Å². The predicted octanol–water partition coefficient (Wildman–Crippen LogP) is 5.08. The monoisotopic (exact) mass is 457 g/mol. The number of rotatable bonds is 5. The van der Waals surface area contributed by atoms with Gasteiger partial charge in [0.05, 0.1) is 11.4 Å². The van der Waals surface area contributed by atoms with Gasteiger partial charge in [-0.3, -0.25) is 0 Å². The van der Waals surface area contributed by atoms with Crippen molar-refractivity contribution in [1.82, 2.24) is 14.5 Å². The molecule has 0 aliphatic carbocycles. The van der Waals surface area contributed by atoms with Crippen molar-refractivity contribution < 1.29 is 21.6 Å². The van der Waals surface area contributed by atoms with E-state index in [1.807, 2.05) is 54.6 Å². The highest BCUT2D eigenvalue weighted by molar-refractivity contribution is 7.90. The van der Waals surface area contributed by atoms with E-state index >= 15 is 0 Å². The largest absolute Gasteiger partial charge is 0.433 e. The zero-order chi connectivity index (χ0) is 22.9. The normalized spacial score (nSPS) is 12.1. The Bertz CT molecular complexity index is 1350. The summed E-state index contributed by atoms with van der Waals surface area (Å²) >= 11 is 0. The number of aromatic nitrogens is 3. The van der Waals surface area contributed by atoms with E-state index in [0.717, 1.165) is 29.0 Å². The first-order chi connectivity index (χ1) is 15.1. The molecular formula is C23H18F3N3O2S. The Balaban J connectivity index is 1.68. The lowest BCUT2D eigenvalue weighted by atomic mass is 10.0. The van der Waals surface area contributed by atoms with Gasteiger partial charge in [0.25, 0.3) is 0 Å². The van der Waals surface area contributed by atoms with Crippen LogP contribution in [0.1, 0.15) is 11.3 Å². The molecular weight excluding hydrogens is 439 g/mol. The molecule has 2 aromatic carbocycles. The summed E-state index contributed by atoms with van der Waals surface area (Å²) in [5, 5.41) is -0.859. The van der Waals surface area contributed by atoms with Gasteiger partial charge in [-0.25, -0.2) is 18.4 Å². The van der Waals surface area contributed by atoms with Crippen LogP contribution in [0, 0.1) is 0 Å². The van der Waals surface area contributed by atoms with E-state index in [-0.39, 0.29) is 5.69 Å². The maximum absolute atomic E-state index is 13.3. The fourth-order valence-electron chi connectivity index (χ4n) is 3.28. The van der Waals surface area contributed by atoms with E-state index in [4.69, 9.17) is 0 Å². The third kappa shape index (κ3) is 4.72. The molecule has 0 amide bonds. The first kappa shape index (κ1) is 21.8. The van der Waals surface area contributed by atoms with Gasteiger partial charge in [-0.15, -0.1) is 0 Å². The first-order valence-corrected chi connectivity index (χ1v) is 11.5. The quantitative estimate of drug-likeness (QED) is 0.392. The van der Waals surface area contributed by atoms with Crippen LogP contribution in [0.3, 0.4) is 0 Å². The molecule has 4 rings (SSSR count). The second kappa shape index (κ2) is 8.23. The molecule has 4 aromatic rings. The maximum atomic E-state index is 13.3. The molecule has 5 nitrogen and oxygen atoms in total. The molecule has 0 N–H and O–H groups in total. The lowest BCUT2D eigenvalue weighted by molar-refractivity contribution is -0.141. The van der Waals surface area contributed by atoms with Gasteiger partial charge in [0.15, 0.2) is 0 Å². The van der Waals surface area contributed by atoms with Gasteiger partial charge in [-0.2, -0.15) is 13.2 Å². The summed E-state index contributed by atoms with van der Waals surface area (Å²) in [6, 6.07) is 21.7. The second-order valence-corrected chi connectivity index (χ2v) is 9.18. The van der Waals surface area contributed by atoms with Crippen molar-refractivity contribution in [3.63, 3.8) is 0 Å². The Morgan fingerprint density at radius 2 is 1.53 bits per heavy atom. The minimum Gasteiger partial charge on any atom is -0.342 e. The summed E-state index contributed by atoms with van der Waals surface area (Å²) in [6.07, 6.45) is -2.32. The predicted molar refractivity (Wildman–Crippen MR) is 115 cm³/mol. The molecule has 0 aliphatic rings. The first-order valence-electron chi connectivity index (χ1n) is 9.57. The summed E-state index contributed by atoms with van der Waals surface area (Å²) in [5.41, 5.74) is 1.99. The van der Waals surface area contributed by atoms with E-state index in [0.29, 0.717) is 12.2 Å². The Kier molecular flexibility index (Phi) is 5.60. The van der Waals surface area contributed by atoms with Gasteiger partial charge in [-0.1, -0.05) is 54.6 Å². The molecule has 164 valence electrons. The van der Waals surface area contributed by atoms with Crippen molar-refractivity contribution in [2.24, 2.45) is 0 Å². The van der Waals surface area contributed by atoms with Gasteiger partial charge < -0.3 is 4.57 Å².